The Balaban J connectivity index is 2.33. The van der Waals surface area contributed by atoms with E-state index in [4.69, 9.17) is 17.3 Å². The lowest BCUT2D eigenvalue weighted by Crippen LogP contribution is -2.11. The van der Waals surface area contributed by atoms with E-state index in [1.807, 2.05) is 37.4 Å². The second kappa shape index (κ2) is 4.53. The zero-order chi connectivity index (χ0) is 11.7. The van der Waals surface area contributed by atoms with Crippen molar-refractivity contribution in [2.75, 3.05) is 0 Å². The number of rotatable bonds is 2. The average molecular weight is 253 g/mol. The first kappa shape index (κ1) is 11.6. The molecule has 1 atom stereocenters. The van der Waals surface area contributed by atoms with Gasteiger partial charge in [-0.25, -0.2) is 4.98 Å². The van der Waals surface area contributed by atoms with Gasteiger partial charge in [-0.1, -0.05) is 23.7 Å². The SMILES string of the molecule is Cc1csc(C(N)c2ccc(C)c(Cl)c2)n1. The topological polar surface area (TPSA) is 38.9 Å². The van der Waals surface area contributed by atoms with E-state index in [1.54, 1.807) is 11.3 Å². The van der Waals surface area contributed by atoms with Crippen LogP contribution in [0, 0.1) is 13.8 Å². The Hall–Kier alpha value is -0.900. The lowest BCUT2D eigenvalue weighted by atomic mass is 10.1. The Morgan fingerprint density at radius 1 is 1.38 bits per heavy atom. The minimum Gasteiger partial charge on any atom is -0.318 e. The molecule has 0 fully saturated rings. The molecule has 0 aliphatic heterocycles. The number of hydrogen-bond acceptors (Lipinski definition) is 3. The number of nitrogens with two attached hydrogens (primary N) is 1. The summed E-state index contributed by atoms with van der Waals surface area (Å²) in [6.07, 6.45) is 0. The van der Waals surface area contributed by atoms with Gasteiger partial charge >= 0.3 is 0 Å². The van der Waals surface area contributed by atoms with E-state index in [9.17, 15) is 0 Å². The molecule has 0 saturated carbocycles. The molecule has 0 bridgehead atoms. The van der Waals surface area contributed by atoms with Gasteiger partial charge in [-0.05, 0) is 31.0 Å². The van der Waals surface area contributed by atoms with Crippen molar-refractivity contribution in [3.05, 3.63) is 50.4 Å². The van der Waals surface area contributed by atoms with Crippen molar-refractivity contribution in [2.45, 2.75) is 19.9 Å². The Kier molecular flexibility index (Phi) is 3.28. The van der Waals surface area contributed by atoms with E-state index >= 15 is 0 Å². The quantitative estimate of drug-likeness (QED) is 0.889. The molecular weight excluding hydrogens is 240 g/mol. The second-order valence-corrected chi connectivity index (χ2v) is 5.11. The summed E-state index contributed by atoms with van der Waals surface area (Å²) in [5, 5.41) is 3.68. The fourth-order valence-electron chi connectivity index (χ4n) is 1.46. The summed E-state index contributed by atoms with van der Waals surface area (Å²) in [5.74, 6) is 0. The normalized spacial score (nSPS) is 12.8. The van der Waals surface area contributed by atoms with Gasteiger partial charge in [0.15, 0.2) is 0 Å². The number of halogens is 1. The molecule has 0 spiro atoms. The van der Waals surface area contributed by atoms with E-state index in [0.717, 1.165) is 26.9 Å². The third-order valence-corrected chi connectivity index (χ3v) is 3.91. The Labute approximate surface area is 104 Å². The highest BCUT2D eigenvalue weighted by molar-refractivity contribution is 7.09. The smallest absolute Gasteiger partial charge is 0.114 e. The van der Waals surface area contributed by atoms with Crippen LogP contribution in [0.4, 0.5) is 0 Å². The van der Waals surface area contributed by atoms with Crippen LogP contribution in [0.5, 0.6) is 0 Å². The predicted molar refractivity (Wildman–Crippen MR) is 69.1 cm³/mol. The number of nitrogens with zero attached hydrogens (tertiary/aromatic N) is 1. The first-order chi connectivity index (χ1) is 7.58. The fourth-order valence-corrected chi connectivity index (χ4v) is 2.47. The first-order valence-corrected chi connectivity index (χ1v) is 6.27. The van der Waals surface area contributed by atoms with E-state index in [-0.39, 0.29) is 6.04 Å². The maximum absolute atomic E-state index is 6.14. The second-order valence-electron chi connectivity index (χ2n) is 3.81. The standard InChI is InChI=1S/C12H13ClN2S/c1-7-3-4-9(5-10(7)13)11(14)12-15-8(2)6-16-12/h3-6,11H,14H2,1-2H3. The number of aromatic nitrogens is 1. The predicted octanol–water partition coefficient (Wildman–Crippen LogP) is 3.46. The van der Waals surface area contributed by atoms with Crippen LogP contribution in [0.3, 0.4) is 0 Å². The average Bonchev–Trinajstić information content (AvgIpc) is 2.68. The molecule has 2 rings (SSSR count). The number of hydrogen-bond donors (Lipinski definition) is 1. The van der Waals surface area contributed by atoms with Crippen LogP contribution < -0.4 is 5.73 Å². The van der Waals surface area contributed by atoms with Gasteiger partial charge in [0, 0.05) is 16.1 Å². The van der Waals surface area contributed by atoms with E-state index in [2.05, 4.69) is 4.98 Å². The zero-order valence-corrected chi connectivity index (χ0v) is 10.8. The summed E-state index contributed by atoms with van der Waals surface area (Å²) in [4.78, 5) is 4.39. The van der Waals surface area contributed by atoms with Gasteiger partial charge < -0.3 is 5.73 Å². The lowest BCUT2D eigenvalue weighted by molar-refractivity contribution is 0.852. The van der Waals surface area contributed by atoms with Crippen LogP contribution in [-0.4, -0.2) is 4.98 Å². The number of aryl methyl sites for hydroxylation is 2. The van der Waals surface area contributed by atoms with Gasteiger partial charge in [-0.15, -0.1) is 11.3 Å². The molecule has 0 amide bonds. The van der Waals surface area contributed by atoms with Crippen LogP contribution in [0.25, 0.3) is 0 Å². The largest absolute Gasteiger partial charge is 0.318 e. The molecule has 1 unspecified atom stereocenters. The van der Waals surface area contributed by atoms with E-state index in [0.29, 0.717) is 0 Å². The van der Waals surface area contributed by atoms with Gasteiger partial charge in [0.2, 0.25) is 0 Å². The third kappa shape index (κ3) is 2.26. The van der Waals surface area contributed by atoms with Crippen LogP contribution >= 0.6 is 22.9 Å². The van der Waals surface area contributed by atoms with Crippen LogP contribution in [-0.2, 0) is 0 Å². The zero-order valence-electron chi connectivity index (χ0n) is 9.20. The van der Waals surface area contributed by atoms with Crippen molar-refractivity contribution in [3.63, 3.8) is 0 Å². The molecule has 0 aliphatic rings. The van der Waals surface area contributed by atoms with E-state index < -0.39 is 0 Å². The molecule has 4 heteroatoms. The molecule has 84 valence electrons. The molecule has 1 heterocycles. The molecule has 2 N–H and O–H groups in total. The summed E-state index contributed by atoms with van der Waals surface area (Å²) < 4.78 is 0. The minimum atomic E-state index is -0.184. The molecule has 1 aromatic heterocycles. The molecule has 2 nitrogen and oxygen atoms in total. The summed E-state index contributed by atoms with van der Waals surface area (Å²) in [5.41, 5.74) is 9.21. The van der Waals surface area contributed by atoms with Gasteiger partial charge in [0.1, 0.15) is 5.01 Å². The van der Waals surface area contributed by atoms with Crippen molar-refractivity contribution in [2.24, 2.45) is 5.73 Å². The number of benzene rings is 1. The van der Waals surface area contributed by atoms with Gasteiger partial charge in [0.05, 0.1) is 6.04 Å². The van der Waals surface area contributed by atoms with Crippen molar-refractivity contribution in [1.82, 2.24) is 4.98 Å². The van der Waals surface area contributed by atoms with E-state index in [1.165, 1.54) is 0 Å². The highest BCUT2D eigenvalue weighted by atomic mass is 35.5. The molecule has 1 aromatic carbocycles. The molecule has 0 aliphatic carbocycles. The van der Waals surface area contributed by atoms with Crippen LogP contribution in [0.1, 0.15) is 27.9 Å². The molecule has 0 radical (unpaired) electrons. The maximum atomic E-state index is 6.14. The minimum absolute atomic E-state index is 0.184. The first-order valence-electron chi connectivity index (χ1n) is 5.01. The van der Waals surface area contributed by atoms with Gasteiger partial charge in [0.25, 0.3) is 0 Å². The van der Waals surface area contributed by atoms with Crippen LogP contribution in [0.2, 0.25) is 5.02 Å². The Bertz CT molecular complexity index is 507. The van der Waals surface area contributed by atoms with Crippen molar-refractivity contribution >= 4 is 22.9 Å². The molecule has 16 heavy (non-hydrogen) atoms. The van der Waals surface area contributed by atoms with Crippen molar-refractivity contribution in [3.8, 4) is 0 Å². The van der Waals surface area contributed by atoms with Crippen LogP contribution in [0.15, 0.2) is 23.6 Å². The molecular formula is C12H13ClN2S. The lowest BCUT2D eigenvalue weighted by Gasteiger charge is -2.10. The Morgan fingerprint density at radius 2 is 2.12 bits per heavy atom. The highest BCUT2D eigenvalue weighted by Gasteiger charge is 2.13. The van der Waals surface area contributed by atoms with Gasteiger partial charge in [-0.2, -0.15) is 0 Å². The van der Waals surface area contributed by atoms with Gasteiger partial charge in [-0.3, -0.25) is 0 Å². The summed E-state index contributed by atoms with van der Waals surface area (Å²) in [6.45, 7) is 3.94. The molecule has 2 aromatic rings. The third-order valence-electron chi connectivity index (χ3n) is 2.46. The summed E-state index contributed by atoms with van der Waals surface area (Å²) >= 11 is 7.66. The highest BCUT2D eigenvalue weighted by Crippen LogP contribution is 2.26. The summed E-state index contributed by atoms with van der Waals surface area (Å²) in [6, 6.07) is 5.72. The molecule has 0 saturated heterocycles. The monoisotopic (exact) mass is 252 g/mol. The summed E-state index contributed by atoms with van der Waals surface area (Å²) in [7, 11) is 0. The Morgan fingerprint density at radius 3 is 2.69 bits per heavy atom. The number of thiazole rings is 1. The maximum Gasteiger partial charge on any atom is 0.114 e. The van der Waals surface area contributed by atoms with Crippen molar-refractivity contribution < 1.29 is 0 Å². The van der Waals surface area contributed by atoms with Crippen molar-refractivity contribution in [1.29, 1.82) is 0 Å². The fraction of sp³-hybridized carbons (Fsp3) is 0.250.